The van der Waals surface area contributed by atoms with Gasteiger partial charge in [-0.15, -0.1) is 0 Å². The van der Waals surface area contributed by atoms with Crippen molar-refractivity contribution in [1.29, 1.82) is 0 Å². The van der Waals surface area contributed by atoms with Crippen molar-refractivity contribution in [2.24, 2.45) is 23.7 Å². The Morgan fingerprint density at radius 3 is 2.26 bits per heavy atom. The molecule has 0 saturated heterocycles. The second-order valence-corrected chi connectivity index (χ2v) is 7.06. The van der Waals surface area contributed by atoms with Gasteiger partial charge in [0.25, 0.3) is 0 Å². The van der Waals surface area contributed by atoms with E-state index in [9.17, 15) is 4.39 Å². The smallest absolute Gasteiger partial charge is 0.125 e. The number of aryl methyl sites for hydroxylation is 1. The number of hydrogen-bond donors (Lipinski definition) is 1. The summed E-state index contributed by atoms with van der Waals surface area (Å²) in [6.45, 7) is 2.07. The van der Waals surface area contributed by atoms with Crippen LogP contribution in [0.4, 0.5) is 10.1 Å². The summed E-state index contributed by atoms with van der Waals surface area (Å²) in [6.07, 6.45) is 7.09. The average molecular weight is 259 g/mol. The third-order valence-corrected chi connectivity index (χ3v) is 5.75. The highest BCUT2D eigenvalue weighted by Gasteiger charge is 2.48. The van der Waals surface area contributed by atoms with Crippen LogP contribution in [-0.4, -0.2) is 6.04 Å². The minimum absolute atomic E-state index is 0.128. The fraction of sp³-hybridized carbons (Fsp3) is 0.647. The first kappa shape index (κ1) is 11.7. The molecule has 0 amide bonds. The van der Waals surface area contributed by atoms with Crippen LogP contribution in [0.3, 0.4) is 0 Å². The zero-order chi connectivity index (χ0) is 13.0. The van der Waals surface area contributed by atoms with E-state index in [2.05, 4.69) is 12.2 Å². The van der Waals surface area contributed by atoms with Crippen molar-refractivity contribution in [1.82, 2.24) is 0 Å². The van der Waals surface area contributed by atoms with Crippen molar-refractivity contribution >= 4 is 5.69 Å². The minimum atomic E-state index is -0.128. The number of benzene rings is 1. The second kappa shape index (κ2) is 4.22. The number of anilines is 1. The number of rotatable bonds is 2. The Bertz CT molecular complexity index is 468. The third kappa shape index (κ3) is 1.96. The largest absolute Gasteiger partial charge is 0.381 e. The summed E-state index contributed by atoms with van der Waals surface area (Å²) in [4.78, 5) is 0. The van der Waals surface area contributed by atoms with Gasteiger partial charge < -0.3 is 5.32 Å². The predicted octanol–water partition coefficient (Wildman–Crippen LogP) is 4.37. The van der Waals surface area contributed by atoms with Gasteiger partial charge in [0.05, 0.1) is 0 Å². The number of halogens is 1. The van der Waals surface area contributed by atoms with E-state index in [1.807, 2.05) is 6.07 Å². The van der Waals surface area contributed by atoms with Crippen LogP contribution in [0.15, 0.2) is 18.2 Å². The summed E-state index contributed by atoms with van der Waals surface area (Å²) in [7, 11) is 0. The minimum Gasteiger partial charge on any atom is -0.381 e. The van der Waals surface area contributed by atoms with Gasteiger partial charge in [-0.05, 0) is 80.4 Å². The van der Waals surface area contributed by atoms with Crippen molar-refractivity contribution in [2.75, 3.05) is 5.32 Å². The van der Waals surface area contributed by atoms with Crippen molar-refractivity contribution in [2.45, 2.75) is 45.1 Å². The Hall–Kier alpha value is -1.05. The molecule has 0 aromatic heterocycles. The molecule has 4 aliphatic carbocycles. The molecule has 1 aromatic carbocycles. The second-order valence-electron chi connectivity index (χ2n) is 7.06. The topological polar surface area (TPSA) is 12.0 Å². The first-order valence-corrected chi connectivity index (χ1v) is 7.71. The van der Waals surface area contributed by atoms with E-state index in [4.69, 9.17) is 0 Å². The van der Waals surface area contributed by atoms with Crippen LogP contribution in [0, 0.1) is 36.4 Å². The van der Waals surface area contributed by atoms with E-state index in [0.29, 0.717) is 6.04 Å². The Balaban J connectivity index is 1.58. The van der Waals surface area contributed by atoms with Gasteiger partial charge in [0.1, 0.15) is 5.82 Å². The lowest BCUT2D eigenvalue weighted by molar-refractivity contribution is 0.00751. The summed E-state index contributed by atoms with van der Waals surface area (Å²) in [6, 6.07) is 5.69. The molecule has 1 nitrogen and oxygen atoms in total. The lowest BCUT2D eigenvalue weighted by Gasteiger charge is -2.54. The van der Waals surface area contributed by atoms with Crippen LogP contribution in [0.2, 0.25) is 0 Å². The molecule has 0 spiro atoms. The summed E-state index contributed by atoms with van der Waals surface area (Å²) in [5.74, 6) is 3.53. The molecule has 0 radical (unpaired) electrons. The van der Waals surface area contributed by atoms with E-state index in [-0.39, 0.29) is 5.82 Å². The molecule has 1 N–H and O–H groups in total. The van der Waals surface area contributed by atoms with Gasteiger partial charge in [-0.1, -0.05) is 6.07 Å². The fourth-order valence-corrected chi connectivity index (χ4v) is 5.09. The monoisotopic (exact) mass is 259 g/mol. The Labute approximate surface area is 114 Å². The van der Waals surface area contributed by atoms with Gasteiger partial charge in [-0.3, -0.25) is 0 Å². The molecule has 102 valence electrons. The Morgan fingerprint density at radius 2 is 1.63 bits per heavy atom. The molecule has 1 aromatic rings. The highest BCUT2D eigenvalue weighted by atomic mass is 19.1. The molecule has 4 fully saturated rings. The van der Waals surface area contributed by atoms with E-state index >= 15 is 0 Å². The molecule has 0 unspecified atom stereocenters. The Kier molecular flexibility index (Phi) is 2.61. The van der Waals surface area contributed by atoms with Crippen LogP contribution >= 0.6 is 0 Å². The lowest BCUT2D eigenvalue weighted by Crippen LogP contribution is -2.51. The van der Waals surface area contributed by atoms with Crippen molar-refractivity contribution in [3.05, 3.63) is 29.6 Å². The molecule has 0 atom stereocenters. The zero-order valence-corrected chi connectivity index (χ0v) is 11.5. The van der Waals surface area contributed by atoms with E-state index in [0.717, 1.165) is 34.9 Å². The normalized spacial score (nSPS) is 39.6. The summed E-state index contributed by atoms with van der Waals surface area (Å²) < 4.78 is 13.4. The molecule has 4 aliphatic rings. The molecule has 19 heavy (non-hydrogen) atoms. The first-order chi connectivity index (χ1) is 9.19. The van der Waals surface area contributed by atoms with Crippen LogP contribution in [0.25, 0.3) is 0 Å². The highest BCUT2D eigenvalue weighted by molar-refractivity contribution is 5.51. The molecule has 0 aliphatic heterocycles. The zero-order valence-electron chi connectivity index (χ0n) is 11.5. The Morgan fingerprint density at radius 1 is 1.00 bits per heavy atom. The van der Waals surface area contributed by atoms with E-state index in [1.165, 1.54) is 32.1 Å². The molecule has 5 rings (SSSR count). The predicted molar refractivity (Wildman–Crippen MR) is 75.6 cm³/mol. The summed E-state index contributed by atoms with van der Waals surface area (Å²) in [5.41, 5.74) is 2.17. The van der Waals surface area contributed by atoms with Crippen molar-refractivity contribution < 1.29 is 4.39 Å². The van der Waals surface area contributed by atoms with Crippen LogP contribution < -0.4 is 5.32 Å². The molecular formula is C17H22FN. The summed E-state index contributed by atoms with van der Waals surface area (Å²) >= 11 is 0. The SMILES string of the molecule is Cc1ccc(F)cc1NC1C2CC3CC(C2)CC1C3. The standard InChI is InChI=1S/C17H22FN/c1-10-2-3-15(18)9-16(10)19-17-13-5-11-4-12(7-13)8-14(17)6-11/h2-3,9,11-14,17,19H,4-8H2,1H3. The molecule has 4 saturated carbocycles. The summed E-state index contributed by atoms with van der Waals surface area (Å²) in [5, 5.41) is 3.69. The number of hydrogen-bond acceptors (Lipinski definition) is 1. The quantitative estimate of drug-likeness (QED) is 0.831. The molecule has 2 heteroatoms. The average Bonchev–Trinajstić information content (AvgIpc) is 2.37. The van der Waals surface area contributed by atoms with Gasteiger partial charge in [0.2, 0.25) is 0 Å². The van der Waals surface area contributed by atoms with Crippen LogP contribution in [0.1, 0.15) is 37.7 Å². The fourth-order valence-electron chi connectivity index (χ4n) is 5.09. The first-order valence-electron chi connectivity index (χ1n) is 7.71. The molecule has 4 bridgehead atoms. The maximum absolute atomic E-state index is 13.4. The van der Waals surface area contributed by atoms with Gasteiger partial charge in [0.15, 0.2) is 0 Å². The van der Waals surface area contributed by atoms with Gasteiger partial charge in [-0.2, -0.15) is 0 Å². The maximum Gasteiger partial charge on any atom is 0.125 e. The van der Waals surface area contributed by atoms with Gasteiger partial charge in [-0.25, -0.2) is 4.39 Å². The number of nitrogens with one attached hydrogen (secondary N) is 1. The van der Waals surface area contributed by atoms with Crippen LogP contribution in [0.5, 0.6) is 0 Å². The van der Waals surface area contributed by atoms with E-state index < -0.39 is 0 Å². The van der Waals surface area contributed by atoms with Crippen molar-refractivity contribution in [3.63, 3.8) is 0 Å². The van der Waals surface area contributed by atoms with Crippen molar-refractivity contribution in [3.8, 4) is 0 Å². The van der Waals surface area contributed by atoms with Gasteiger partial charge in [0, 0.05) is 11.7 Å². The molecular weight excluding hydrogens is 237 g/mol. The third-order valence-electron chi connectivity index (χ3n) is 5.75. The highest BCUT2D eigenvalue weighted by Crippen LogP contribution is 2.54. The van der Waals surface area contributed by atoms with E-state index in [1.54, 1.807) is 12.1 Å². The van der Waals surface area contributed by atoms with Crippen LogP contribution in [-0.2, 0) is 0 Å². The maximum atomic E-state index is 13.4. The molecule has 0 heterocycles. The lowest BCUT2D eigenvalue weighted by atomic mass is 9.54. The van der Waals surface area contributed by atoms with Gasteiger partial charge >= 0.3 is 0 Å².